The summed E-state index contributed by atoms with van der Waals surface area (Å²) in [5.41, 5.74) is 3.30. The van der Waals surface area contributed by atoms with Crippen LogP contribution in [0.15, 0.2) is 0 Å². The summed E-state index contributed by atoms with van der Waals surface area (Å²) in [4.78, 5) is 11.4. The van der Waals surface area contributed by atoms with E-state index in [0.29, 0.717) is 5.92 Å². The second-order valence-corrected chi connectivity index (χ2v) is 5.67. The molecule has 4 heteroatoms. The molecule has 1 saturated carbocycles. The summed E-state index contributed by atoms with van der Waals surface area (Å²) in [7, 11) is 0. The summed E-state index contributed by atoms with van der Waals surface area (Å²) < 4.78 is 1.96. The molecule has 1 aromatic rings. The summed E-state index contributed by atoms with van der Waals surface area (Å²) in [6.07, 6.45) is 2.68. The fraction of sp³-hybridized carbons (Fsp3) is 0.714. The van der Waals surface area contributed by atoms with Crippen LogP contribution in [0.5, 0.6) is 0 Å². The van der Waals surface area contributed by atoms with Gasteiger partial charge in [-0.2, -0.15) is 5.10 Å². The smallest absolute Gasteiger partial charge is 0.308 e. The quantitative estimate of drug-likeness (QED) is 0.878. The van der Waals surface area contributed by atoms with Crippen LogP contribution in [0, 0.1) is 32.6 Å². The molecule has 4 nitrogen and oxygen atoms in total. The van der Waals surface area contributed by atoms with E-state index in [4.69, 9.17) is 0 Å². The lowest BCUT2D eigenvalue weighted by Crippen LogP contribution is -2.33. The lowest BCUT2D eigenvalue weighted by Gasteiger charge is -2.33. The Balaban J connectivity index is 2.38. The zero-order chi connectivity index (χ0) is 13.4. The number of carbonyl (C=O) groups is 1. The molecule has 1 aromatic heterocycles. The number of rotatable bonds is 2. The van der Waals surface area contributed by atoms with Gasteiger partial charge in [0.15, 0.2) is 0 Å². The number of hydrogen-bond donors (Lipinski definition) is 1. The van der Waals surface area contributed by atoms with Crippen molar-refractivity contribution >= 4 is 5.97 Å². The van der Waals surface area contributed by atoms with E-state index in [1.54, 1.807) is 0 Å². The maximum absolute atomic E-state index is 11.4. The van der Waals surface area contributed by atoms with Crippen LogP contribution in [0.4, 0.5) is 0 Å². The third-order valence-electron chi connectivity index (χ3n) is 4.40. The zero-order valence-corrected chi connectivity index (χ0v) is 11.6. The number of carboxylic acid groups (broad SMARTS) is 1. The third-order valence-corrected chi connectivity index (χ3v) is 4.40. The van der Waals surface area contributed by atoms with Gasteiger partial charge in [-0.1, -0.05) is 6.92 Å². The first-order valence-electron chi connectivity index (χ1n) is 6.67. The molecule has 0 radical (unpaired) electrons. The Kier molecular flexibility index (Phi) is 3.46. The molecule has 1 fully saturated rings. The van der Waals surface area contributed by atoms with Crippen molar-refractivity contribution < 1.29 is 9.90 Å². The molecule has 3 unspecified atom stereocenters. The van der Waals surface area contributed by atoms with Crippen LogP contribution in [-0.4, -0.2) is 20.9 Å². The van der Waals surface area contributed by atoms with Crippen molar-refractivity contribution in [1.29, 1.82) is 0 Å². The fourth-order valence-electron chi connectivity index (χ4n) is 2.98. The van der Waals surface area contributed by atoms with E-state index in [-0.39, 0.29) is 12.0 Å². The van der Waals surface area contributed by atoms with Gasteiger partial charge < -0.3 is 5.11 Å². The molecular weight excluding hydrogens is 228 g/mol. The van der Waals surface area contributed by atoms with Crippen molar-refractivity contribution in [2.45, 2.75) is 53.0 Å². The highest BCUT2D eigenvalue weighted by Crippen LogP contribution is 2.38. The lowest BCUT2D eigenvalue weighted by atomic mass is 9.79. The van der Waals surface area contributed by atoms with Crippen molar-refractivity contribution in [3.8, 4) is 0 Å². The average molecular weight is 250 g/mol. The summed E-state index contributed by atoms with van der Waals surface area (Å²) in [5, 5.41) is 13.9. The predicted molar refractivity (Wildman–Crippen MR) is 69.6 cm³/mol. The minimum atomic E-state index is -0.683. The molecule has 100 valence electrons. The maximum Gasteiger partial charge on any atom is 0.308 e. The third kappa shape index (κ3) is 2.16. The van der Waals surface area contributed by atoms with E-state index in [2.05, 4.69) is 18.9 Å². The largest absolute Gasteiger partial charge is 0.481 e. The molecule has 0 aliphatic heterocycles. The van der Waals surface area contributed by atoms with E-state index in [9.17, 15) is 9.90 Å². The monoisotopic (exact) mass is 250 g/mol. The van der Waals surface area contributed by atoms with Gasteiger partial charge in [0.1, 0.15) is 0 Å². The molecule has 0 aromatic carbocycles. The van der Waals surface area contributed by atoms with Crippen LogP contribution in [0.2, 0.25) is 0 Å². The Bertz CT molecular complexity index is 465. The van der Waals surface area contributed by atoms with Crippen LogP contribution in [0.25, 0.3) is 0 Å². The Morgan fingerprint density at radius 1 is 1.33 bits per heavy atom. The Morgan fingerprint density at radius 3 is 2.50 bits per heavy atom. The molecule has 0 saturated heterocycles. The predicted octanol–water partition coefficient (Wildman–Crippen LogP) is 2.87. The number of aliphatic carboxylic acids is 1. The molecular formula is C14H22N2O2. The minimum absolute atomic E-state index is 0.0126. The molecule has 1 aliphatic carbocycles. The van der Waals surface area contributed by atoms with Gasteiger partial charge >= 0.3 is 5.97 Å². The standard InChI is InChI=1S/C14H22N2O2/c1-8-5-6-12(14(17)18)13(7-8)16-11(4)9(2)10(3)15-16/h8,12-13H,5-7H2,1-4H3,(H,17,18). The van der Waals surface area contributed by atoms with E-state index in [0.717, 1.165) is 30.7 Å². The van der Waals surface area contributed by atoms with Gasteiger partial charge in [-0.3, -0.25) is 9.48 Å². The van der Waals surface area contributed by atoms with Crippen molar-refractivity contribution in [1.82, 2.24) is 9.78 Å². The number of hydrogen-bond acceptors (Lipinski definition) is 2. The second kappa shape index (κ2) is 4.75. The molecule has 0 amide bonds. The molecule has 0 bridgehead atoms. The van der Waals surface area contributed by atoms with Crippen LogP contribution < -0.4 is 0 Å². The van der Waals surface area contributed by atoms with Crippen molar-refractivity contribution in [2.75, 3.05) is 0 Å². The molecule has 3 atom stereocenters. The van der Waals surface area contributed by atoms with Crippen LogP contribution >= 0.6 is 0 Å². The molecule has 0 spiro atoms. The summed E-state index contributed by atoms with van der Waals surface area (Å²) in [5.74, 6) is -0.398. The number of nitrogens with zero attached hydrogens (tertiary/aromatic N) is 2. The highest BCUT2D eigenvalue weighted by Gasteiger charge is 2.36. The average Bonchev–Trinajstić information content (AvgIpc) is 2.56. The normalized spacial score (nSPS) is 28.3. The van der Waals surface area contributed by atoms with E-state index < -0.39 is 5.97 Å². The Morgan fingerprint density at radius 2 is 2.00 bits per heavy atom. The highest BCUT2D eigenvalue weighted by atomic mass is 16.4. The SMILES string of the molecule is Cc1nn(C2CC(C)CCC2C(=O)O)c(C)c1C. The molecule has 2 rings (SSSR count). The van der Waals surface area contributed by atoms with Crippen molar-refractivity contribution in [3.05, 3.63) is 17.0 Å². The minimum Gasteiger partial charge on any atom is -0.481 e. The first-order chi connectivity index (χ1) is 8.41. The number of aryl methyl sites for hydroxylation is 1. The maximum atomic E-state index is 11.4. The topological polar surface area (TPSA) is 55.1 Å². The zero-order valence-electron chi connectivity index (χ0n) is 11.6. The Hall–Kier alpha value is -1.32. The number of aromatic nitrogens is 2. The van der Waals surface area contributed by atoms with Gasteiger partial charge in [-0.05, 0) is 51.5 Å². The lowest BCUT2D eigenvalue weighted by molar-refractivity contribution is -0.145. The highest BCUT2D eigenvalue weighted by molar-refractivity contribution is 5.70. The van der Waals surface area contributed by atoms with Gasteiger partial charge in [0.2, 0.25) is 0 Å². The van der Waals surface area contributed by atoms with Gasteiger partial charge in [0.25, 0.3) is 0 Å². The van der Waals surface area contributed by atoms with Crippen LogP contribution in [0.1, 0.15) is 49.2 Å². The van der Waals surface area contributed by atoms with Crippen LogP contribution in [0.3, 0.4) is 0 Å². The number of carboxylic acids is 1. The first kappa shape index (κ1) is 13.1. The van der Waals surface area contributed by atoms with Crippen LogP contribution in [-0.2, 0) is 4.79 Å². The molecule has 1 heterocycles. The molecule has 1 aliphatic rings. The van der Waals surface area contributed by atoms with Crippen molar-refractivity contribution in [2.24, 2.45) is 11.8 Å². The van der Waals surface area contributed by atoms with E-state index in [1.807, 2.05) is 18.5 Å². The van der Waals surface area contributed by atoms with E-state index >= 15 is 0 Å². The van der Waals surface area contributed by atoms with Gasteiger partial charge in [0.05, 0.1) is 17.7 Å². The van der Waals surface area contributed by atoms with Gasteiger partial charge in [0, 0.05) is 5.69 Å². The summed E-state index contributed by atoms with van der Waals surface area (Å²) >= 11 is 0. The Labute approximate surface area is 108 Å². The van der Waals surface area contributed by atoms with Gasteiger partial charge in [-0.25, -0.2) is 0 Å². The fourth-order valence-corrected chi connectivity index (χ4v) is 2.98. The summed E-state index contributed by atoms with van der Waals surface area (Å²) in [6, 6.07) is 0.0126. The van der Waals surface area contributed by atoms with Gasteiger partial charge in [-0.15, -0.1) is 0 Å². The van der Waals surface area contributed by atoms with Crippen molar-refractivity contribution in [3.63, 3.8) is 0 Å². The molecule has 18 heavy (non-hydrogen) atoms. The second-order valence-electron chi connectivity index (χ2n) is 5.67. The summed E-state index contributed by atoms with van der Waals surface area (Å²) in [6.45, 7) is 8.27. The van der Waals surface area contributed by atoms with E-state index in [1.165, 1.54) is 5.56 Å². The first-order valence-corrected chi connectivity index (χ1v) is 6.67. The molecule has 1 N–H and O–H groups in total.